The van der Waals surface area contributed by atoms with Crippen LogP contribution in [0.3, 0.4) is 0 Å². The summed E-state index contributed by atoms with van der Waals surface area (Å²) < 4.78 is 23.7. The third-order valence-corrected chi connectivity index (χ3v) is 12.1. The molecule has 3 unspecified atom stereocenters. The topological polar surface area (TPSA) is 57.2 Å². The molecule has 218 valence electrons. The van der Waals surface area contributed by atoms with Gasteiger partial charge in [-0.05, 0) is 63.2 Å². The third-order valence-electron chi connectivity index (χ3n) is 7.32. The molecule has 0 rings (SSSR count). The highest BCUT2D eigenvalue weighted by Crippen LogP contribution is 2.35. The Morgan fingerprint density at radius 2 is 1.33 bits per heavy atom. The molecule has 0 aliphatic carbocycles. The average molecular weight is 565 g/mol. The zero-order valence-electron chi connectivity index (χ0n) is 25.8. The largest absolute Gasteiger partial charge is 0.424 e. The van der Waals surface area contributed by atoms with E-state index in [0.717, 1.165) is 64.1 Å². The van der Waals surface area contributed by atoms with Gasteiger partial charge in [0.1, 0.15) is 0 Å². The monoisotopic (exact) mass is 564 g/mol. The Morgan fingerprint density at radius 1 is 0.806 bits per heavy atom. The predicted molar refractivity (Wildman–Crippen MR) is 164 cm³/mol. The van der Waals surface area contributed by atoms with Gasteiger partial charge in [-0.25, -0.2) is 0 Å². The van der Waals surface area contributed by atoms with Crippen molar-refractivity contribution in [3.05, 3.63) is 0 Å². The van der Waals surface area contributed by atoms with Crippen molar-refractivity contribution in [1.82, 2.24) is 0 Å². The van der Waals surface area contributed by atoms with Crippen molar-refractivity contribution < 1.29 is 23.4 Å². The van der Waals surface area contributed by atoms with E-state index in [1.54, 1.807) is 0 Å². The molecule has 0 fully saturated rings. The lowest BCUT2D eigenvalue weighted by atomic mass is 9.88. The summed E-state index contributed by atoms with van der Waals surface area (Å²) in [5.41, 5.74) is 0.557. The summed E-state index contributed by atoms with van der Waals surface area (Å²) in [6.45, 7) is 25.8. The predicted octanol–water partition coefficient (Wildman–Crippen LogP) is 6.87. The summed E-state index contributed by atoms with van der Waals surface area (Å²) in [4.78, 5) is 0. The van der Waals surface area contributed by atoms with Crippen molar-refractivity contribution in [3.8, 4) is 0 Å². The number of hydrogen-bond donors (Lipinski definition) is 1. The summed E-state index contributed by atoms with van der Waals surface area (Å²) in [5, 5.41) is 10.0. The molecule has 36 heavy (non-hydrogen) atoms. The van der Waals surface area contributed by atoms with Crippen molar-refractivity contribution >= 4 is 26.2 Å². The fourth-order valence-corrected chi connectivity index (χ4v) is 8.88. The first-order chi connectivity index (χ1) is 16.9. The second-order valence-corrected chi connectivity index (χ2v) is 23.9. The van der Waals surface area contributed by atoms with E-state index < -0.39 is 16.4 Å². The molecule has 0 spiro atoms. The highest BCUT2D eigenvalue weighted by atomic mass is 28.4. The van der Waals surface area contributed by atoms with Gasteiger partial charge in [-0.3, -0.25) is 0 Å². The zero-order chi connectivity index (χ0) is 27.5. The van der Waals surface area contributed by atoms with Crippen LogP contribution in [-0.2, 0) is 18.3 Å². The van der Waals surface area contributed by atoms with E-state index in [1.807, 2.05) is 0 Å². The lowest BCUT2D eigenvalue weighted by Gasteiger charge is -2.35. The molecule has 0 bridgehead atoms. The summed E-state index contributed by atoms with van der Waals surface area (Å²) in [5.74, 6) is 0.658. The van der Waals surface area contributed by atoms with Crippen LogP contribution in [0.4, 0.5) is 0 Å². The molecule has 0 heterocycles. The Morgan fingerprint density at radius 3 is 1.81 bits per heavy atom. The molecule has 0 saturated carbocycles. The maximum atomic E-state index is 10.0. The Balaban J connectivity index is 4.13. The van der Waals surface area contributed by atoms with Crippen LogP contribution in [-0.4, -0.2) is 77.5 Å². The average Bonchev–Trinajstić information content (AvgIpc) is 2.80. The molecule has 5 nitrogen and oxygen atoms in total. The molecule has 0 aromatic heterocycles. The standard InChI is InChI=1S/C28H64O5Si3/c1-10-28(23-29,25-31-20-16-13-17-21-32-34-3)24-30-19-15-12-11-14-18-27(35(4,5)6)26(2)22-33-36(7,8)9/h26-27,29H,10-25,34H2,1-9H3. The summed E-state index contributed by atoms with van der Waals surface area (Å²) in [6, 6.07) is 0. The highest BCUT2D eigenvalue weighted by molar-refractivity contribution is 6.77. The Hall–Kier alpha value is 0.451. The summed E-state index contributed by atoms with van der Waals surface area (Å²) >= 11 is 0. The first-order valence-corrected chi connectivity index (χ1v) is 23.9. The molecular formula is C28H64O5Si3. The maximum Gasteiger partial charge on any atom is 0.183 e. The molecule has 0 aliphatic rings. The molecule has 0 amide bonds. The fourth-order valence-electron chi connectivity index (χ4n) is 4.75. The van der Waals surface area contributed by atoms with Crippen molar-refractivity contribution in [2.75, 3.05) is 46.2 Å². The van der Waals surface area contributed by atoms with Gasteiger partial charge in [0.15, 0.2) is 18.1 Å². The van der Waals surface area contributed by atoms with Gasteiger partial charge in [0.05, 0.1) is 19.8 Å². The van der Waals surface area contributed by atoms with E-state index >= 15 is 0 Å². The van der Waals surface area contributed by atoms with Gasteiger partial charge < -0.3 is 23.4 Å². The first kappa shape index (κ1) is 36.5. The molecule has 0 saturated heterocycles. The number of hydrogen-bond acceptors (Lipinski definition) is 5. The van der Waals surface area contributed by atoms with Gasteiger partial charge in [-0.2, -0.15) is 0 Å². The van der Waals surface area contributed by atoms with Gasteiger partial charge in [0, 0.05) is 39.9 Å². The summed E-state index contributed by atoms with van der Waals surface area (Å²) in [7, 11) is -2.92. The number of unbranched alkanes of at least 4 members (excludes halogenated alkanes) is 5. The lowest BCUT2D eigenvalue weighted by molar-refractivity contribution is -0.0541. The van der Waals surface area contributed by atoms with Gasteiger partial charge in [0.2, 0.25) is 0 Å². The van der Waals surface area contributed by atoms with Gasteiger partial charge in [-0.1, -0.05) is 65.7 Å². The zero-order valence-corrected chi connectivity index (χ0v) is 29.2. The molecule has 1 N–H and O–H groups in total. The van der Waals surface area contributed by atoms with Crippen LogP contribution in [0.25, 0.3) is 0 Å². The van der Waals surface area contributed by atoms with Crippen LogP contribution in [0.2, 0.25) is 51.4 Å². The molecule has 0 aromatic rings. The molecule has 0 aliphatic heterocycles. The number of aliphatic hydroxyl groups is 1. The SMILES string of the molecule is CCC(CO)(COCCCCCCC(C(C)CO[Si](C)(C)C)[Si](C)(C)C)COCCCCCO[SiH2]C. The quantitative estimate of drug-likeness (QED) is 0.0968. The smallest absolute Gasteiger partial charge is 0.183 e. The Kier molecular flexibility index (Phi) is 20.6. The third kappa shape index (κ3) is 18.7. The first-order valence-electron chi connectivity index (χ1n) is 14.9. The molecule has 0 radical (unpaired) electrons. The molecule has 8 heteroatoms. The van der Waals surface area contributed by atoms with E-state index in [4.69, 9.17) is 18.3 Å². The van der Waals surface area contributed by atoms with Crippen molar-refractivity contribution in [1.29, 1.82) is 0 Å². The summed E-state index contributed by atoms with van der Waals surface area (Å²) in [6.07, 6.45) is 10.4. The normalized spacial score (nSPS) is 16.5. The molecule has 0 aromatic carbocycles. The Labute approximate surface area is 229 Å². The molecular weight excluding hydrogens is 501 g/mol. The van der Waals surface area contributed by atoms with Crippen molar-refractivity contribution in [2.45, 2.75) is 123 Å². The van der Waals surface area contributed by atoms with Crippen molar-refractivity contribution in [3.63, 3.8) is 0 Å². The van der Waals surface area contributed by atoms with Crippen LogP contribution >= 0.6 is 0 Å². The minimum absolute atomic E-state index is 0.121. The maximum absolute atomic E-state index is 10.0. The minimum atomic E-state index is -1.44. The highest BCUT2D eigenvalue weighted by Gasteiger charge is 2.32. The lowest BCUT2D eigenvalue weighted by Crippen LogP contribution is -2.36. The fraction of sp³-hybridized carbons (Fsp3) is 1.00. The molecule has 3 atom stereocenters. The van der Waals surface area contributed by atoms with Gasteiger partial charge in [0.25, 0.3) is 0 Å². The van der Waals surface area contributed by atoms with Crippen LogP contribution in [0.5, 0.6) is 0 Å². The van der Waals surface area contributed by atoms with Crippen LogP contribution < -0.4 is 0 Å². The van der Waals surface area contributed by atoms with Crippen LogP contribution in [0.1, 0.15) is 71.6 Å². The van der Waals surface area contributed by atoms with Crippen molar-refractivity contribution in [2.24, 2.45) is 11.3 Å². The second kappa shape index (κ2) is 20.4. The van der Waals surface area contributed by atoms with E-state index in [-0.39, 0.29) is 21.8 Å². The number of rotatable bonds is 25. The minimum Gasteiger partial charge on any atom is -0.424 e. The number of aliphatic hydroxyl groups excluding tert-OH is 1. The van der Waals surface area contributed by atoms with Crippen LogP contribution in [0, 0.1) is 11.3 Å². The number of ether oxygens (including phenoxy) is 2. The second-order valence-electron chi connectivity index (χ2n) is 13.0. The van der Waals surface area contributed by atoms with Gasteiger partial charge >= 0.3 is 0 Å². The van der Waals surface area contributed by atoms with E-state index in [1.165, 1.54) is 25.7 Å². The van der Waals surface area contributed by atoms with Gasteiger partial charge in [-0.15, -0.1) is 0 Å². The van der Waals surface area contributed by atoms with Crippen LogP contribution in [0.15, 0.2) is 0 Å². The Bertz CT molecular complexity index is 504. The van der Waals surface area contributed by atoms with E-state index in [9.17, 15) is 5.11 Å². The van der Waals surface area contributed by atoms with E-state index in [2.05, 4.69) is 59.7 Å². The van der Waals surface area contributed by atoms with E-state index in [0.29, 0.717) is 19.1 Å².